The lowest BCUT2D eigenvalue weighted by molar-refractivity contribution is 0.443. The Hall–Kier alpha value is 0.260. The van der Waals surface area contributed by atoms with Crippen LogP contribution in [0.4, 0.5) is 0 Å². The van der Waals surface area contributed by atoms with Gasteiger partial charge in [0.15, 0.2) is 5.96 Å². The molecule has 0 amide bonds. The number of hydrogen-bond acceptors (Lipinski definition) is 4. The van der Waals surface area contributed by atoms with Crippen molar-refractivity contribution >= 4 is 51.7 Å². The quantitative estimate of drug-likeness (QED) is 0.365. The Bertz CT molecular complexity index is 370. The molecule has 19 heavy (non-hydrogen) atoms. The van der Waals surface area contributed by atoms with Gasteiger partial charge >= 0.3 is 0 Å². The molecule has 1 saturated heterocycles. The van der Waals surface area contributed by atoms with Gasteiger partial charge in [0.25, 0.3) is 0 Å². The van der Waals surface area contributed by atoms with Gasteiger partial charge in [0.1, 0.15) is 0 Å². The van der Waals surface area contributed by atoms with Crippen LogP contribution in [0, 0.1) is 0 Å². The van der Waals surface area contributed by atoms with E-state index in [1.165, 1.54) is 0 Å². The lowest BCUT2D eigenvalue weighted by Gasteiger charge is -2.25. The molecule has 1 heterocycles. The number of nitrogens with two attached hydrogens (primary N) is 1. The number of thioether (sulfide) groups is 1. The zero-order valence-corrected chi connectivity index (χ0v) is 15.1. The topological polar surface area (TPSA) is 87.8 Å². The summed E-state index contributed by atoms with van der Waals surface area (Å²) in [6, 6.07) is 0. The molecule has 1 rings (SSSR count). The van der Waals surface area contributed by atoms with Crippen molar-refractivity contribution in [2.45, 2.75) is 13.3 Å². The molecule has 0 aliphatic carbocycles. The second kappa shape index (κ2) is 10.1. The van der Waals surface area contributed by atoms with E-state index in [1.807, 2.05) is 6.92 Å². The van der Waals surface area contributed by atoms with Crippen LogP contribution in [0.25, 0.3) is 0 Å². The molecule has 0 bridgehead atoms. The first kappa shape index (κ1) is 19.3. The van der Waals surface area contributed by atoms with Gasteiger partial charge in [-0.2, -0.15) is 11.8 Å². The second-order valence-electron chi connectivity index (χ2n) is 4.02. The summed E-state index contributed by atoms with van der Waals surface area (Å²) in [5.41, 5.74) is 5.59. The van der Waals surface area contributed by atoms with Gasteiger partial charge in [-0.3, -0.25) is 4.99 Å². The largest absolute Gasteiger partial charge is 0.370 e. The molecule has 1 aliphatic rings. The highest BCUT2D eigenvalue weighted by Crippen LogP contribution is 2.12. The Balaban J connectivity index is 0.00000324. The second-order valence-corrected chi connectivity index (χ2v) is 7.33. The third-order valence-corrected chi connectivity index (χ3v) is 5.35. The van der Waals surface area contributed by atoms with Crippen molar-refractivity contribution in [2.24, 2.45) is 10.7 Å². The zero-order chi connectivity index (χ0) is 13.4. The zero-order valence-electron chi connectivity index (χ0n) is 11.2. The van der Waals surface area contributed by atoms with E-state index in [1.54, 1.807) is 16.1 Å². The number of aliphatic imine (C=N–C) groups is 1. The summed E-state index contributed by atoms with van der Waals surface area (Å²) < 4.78 is 25.5. The van der Waals surface area contributed by atoms with Crippen molar-refractivity contribution in [1.82, 2.24) is 9.62 Å². The number of nitrogens with one attached hydrogen (secondary N) is 1. The van der Waals surface area contributed by atoms with Gasteiger partial charge in [0.05, 0.1) is 5.75 Å². The van der Waals surface area contributed by atoms with Crippen molar-refractivity contribution in [1.29, 1.82) is 0 Å². The molecule has 1 aliphatic heterocycles. The van der Waals surface area contributed by atoms with Crippen LogP contribution in [0.15, 0.2) is 4.99 Å². The number of hydrogen-bond donors (Lipinski definition) is 2. The summed E-state index contributed by atoms with van der Waals surface area (Å²) in [5.74, 6) is 2.15. The smallest absolute Gasteiger partial charge is 0.215 e. The Morgan fingerprint density at radius 1 is 1.42 bits per heavy atom. The Morgan fingerprint density at radius 3 is 2.63 bits per heavy atom. The number of sulfonamides is 1. The average Bonchev–Trinajstić information content (AvgIpc) is 2.37. The molecule has 0 spiro atoms. The highest BCUT2D eigenvalue weighted by Gasteiger charge is 2.23. The summed E-state index contributed by atoms with van der Waals surface area (Å²) in [5, 5.41) is 2.83. The molecule has 0 saturated carbocycles. The minimum atomic E-state index is -3.15. The highest BCUT2D eigenvalue weighted by molar-refractivity contribution is 14.0. The van der Waals surface area contributed by atoms with E-state index in [0.717, 1.165) is 17.9 Å². The predicted octanol–water partition coefficient (Wildman–Crippen LogP) is 0.297. The first-order valence-corrected chi connectivity index (χ1v) is 8.92. The Morgan fingerprint density at radius 2 is 2.05 bits per heavy atom. The van der Waals surface area contributed by atoms with Crippen LogP contribution in [0.5, 0.6) is 0 Å². The molecule has 9 heteroatoms. The van der Waals surface area contributed by atoms with Gasteiger partial charge in [0, 0.05) is 37.7 Å². The molecular weight excluding hydrogens is 399 g/mol. The molecular formula is C10H23IN4O2S2. The molecule has 3 N–H and O–H groups in total. The molecule has 114 valence electrons. The predicted molar refractivity (Wildman–Crippen MR) is 92.9 cm³/mol. The van der Waals surface area contributed by atoms with Crippen LogP contribution in [0.1, 0.15) is 13.3 Å². The summed E-state index contributed by atoms with van der Waals surface area (Å²) in [7, 11) is -3.15. The maximum atomic E-state index is 12.0. The number of rotatable bonds is 6. The van der Waals surface area contributed by atoms with Gasteiger partial charge in [-0.05, 0) is 6.42 Å². The third-order valence-electron chi connectivity index (χ3n) is 2.54. The van der Waals surface area contributed by atoms with Crippen LogP contribution in [0.2, 0.25) is 0 Å². The van der Waals surface area contributed by atoms with Crippen molar-refractivity contribution in [2.75, 3.05) is 43.4 Å². The van der Waals surface area contributed by atoms with E-state index in [2.05, 4.69) is 10.3 Å². The minimum absolute atomic E-state index is 0. The van der Waals surface area contributed by atoms with Crippen LogP contribution >= 0.6 is 35.7 Å². The van der Waals surface area contributed by atoms with Crippen LogP contribution in [-0.2, 0) is 10.0 Å². The first-order valence-electron chi connectivity index (χ1n) is 6.15. The van der Waals surface area contributed by atoms with E-state index in [0.29, 0.717) is 32.1 Å². The van der Waals surface area contributed by atoms with Crippen molar-refractivity contribution in [3.63, 3.8) is 0 Å². The number of nitrogens with zero attached hydrogens (tertiary/aromatic N) is 2. The molecule has 0 aromatic heterocycles. The lowest BCUT2D eigenvalue weighted by Crippen LogP contribution is -2.43. The minimum Gasteiger partial charge on any atom is -0.370 e. The van der Waals surface area contributed by atoms with E-state index in [-0.39, 0.29) is 29.7 Å². The van der Waals surface area contributed by atoms with E-state index in [9.17, 15) is 8.42 Å². The average molecular weight is 422 g/mol. The van der Waals surface area contributed by atoms with Gasteiger partial charge < -0.3 is 11.1 Å². The van der Waals surface area contributed by atoms with Gasteiger partial charge in [-0.1, -0.05) is 6.92 Å². The van der Waals surface area contributed by atoms with Crippen LogP contribution in [-0.4, -0.2) is 62.1 Å². The molecule has 6 nitrogen and oxygen atoms in total. The molecule has 0 unspecified atom stereocenters. The fraction of sp³-hybridized carbons (Fsp3) is 0.900. The Kier molecular flexibility index (Phi) is 10.2. The summed E-state index contributed by atoms with van der Waals surface area (Å²) in [6.45, 7) is 4.22. The summed E-state index contributed by atoms with van der Waals surface area (Å²) in [6.07, 6.45) is 0.923. The van der Waals surface area contributed by atoms with Gasteiger partial charge in [-0.15, -0.1) is 24.0 Å². The molecule has 0 radical (unpaired) electrons. The van der Waals surface area contributed by atoms with Crippen LogP contribution < -0.4 is 11.1 Å². The van der Waals surface area contributed by atoms with Crippen LogP contribution in [0.3, 0.4) is 0 Å². The monoisotopic (exact) mass is 422 g/mol. The number of halogens is 1. The fourth-order valence-electron chi connectivity index (χ4n) is 1.55. The first-order chi connectivity index (χ1) is 8.56. The highest BCUT2D eigenvalue weighted by atomic mass is 127. The maximum absolute atomic E-state index is 12.0. The number of guanidine groups is 1. The van der Waals surface area contributed by atoms with E-state index >= 15 is 0 Å². The van der Waals surface area contributed by atoms with Crippen molar-refractivity contribution in [3.05, 3.63) is 0 Å². The summed E-state index contributed by atoms with van der Waals surface area (Å²) >= 11 is 1.79. The molecule has 1 fully saturated rings. The lowest BCUT2D eigenvalue weighted by atomic mass is 10.5. The SMILES string of the molecule is CCCN=C(N)NCCS(=O)(=O)N1CCSCC1.I. The van der Waals surface area contributed by atoms with Gasteiger partial charge in [0.2, 0.25) is 10.0 Å². The van der Waals surface area contributed by atoms with Crippen molar-refractivity contribution in [3.8, 4) is 0 Å². The van der Waals surface area contributed by atoms with E-state index < -0.39 is 10.0 Å². The normalized spacial score (nSPS) is 17.8. The Labute approximate surface area is 137 Å². The molecule has 0 aromatic rings. The third kappa shape index (κ3) is 7.57. The summed E-state index contributed by atoms with van der Waals surface area (Å²) in [4.78, 5) is 4.05. The molecule has 0 atom stereocenters. The van der Waals surface area contributed by atoms with Gasteiger partial charge in [-0.25, -0.2) is 12.7 Å². The van der Waals surface area contributed by atoms with E-state index in [4.69, 9.17) is 5.73 Å². The molecule has 0 aromatic carbocycles. The standard InChI is InChI=1S/C10H22N4O2S2.HI/c1-2-3-12-10(11)13-4-9-18(15,16)14-5-7-17-8-6-14;/h2-9H2,1H3,(H3,11,12,13);1H. The fourth-order valence-corrected chi connectivity index (χ4v) is 4.04. The maximum Gasteiger partial charge on any atom is 0.215 e. The van der Waals surface area contributed by atoms with Crippen molar-refractivity contribution < 1.29 is 8.42 Å².